The van der Waals surface area contributed by atoms with Crippen molar-refractivity contribution in [1.29, 1.82) is 0 Å². The summed E-state index contributed by atoms with van der Waals surface area (Å²) in [6.45, 7) is 5.40. The van der Waals surface area contributed by atoms with Crippen LogP contribution in [0.3, 0.4) is 0 Å². The molecule has 0 aliphatic carbocycles. The first-order valence-corrected chi connectivity index (χ1v) is 9.81. The molecule has 0 atom stereocenters. The number of carboxylic acid groups (broad SMARTS) is 1. The zero-order valence-electron chi connectivity index (χ0n) is 10.1. The Morgan fingerprint density at radius 2 is 1.89 bits per heavy atom. The van der Waals surface area contributed by atoms with Gasteiger partial charge >= 0.3 is 16.2 Å². The topological polar surface area (TPSA) is 80.7 Å². The molecule has 0 fully saturated rings. The van der Waals surface area contributed by atoms with E-state index in [-0.39, 0.29) is 11.3 Å². The highest BCUT2D eigenvalue weighted by molar-refractivity contribution is 7.86. The quantitative estimate of drug-likeness (QED) is 0.680. The van der Waals surface area contributed by atoms with Crippen LogP contribution in [0.1, 0.15) is 10.4 Å². The molecule has 1 rings (SSSR count). The number of halogens is 1. The number of carboxylic acids is 1. The van der Waals surface area contributed by atoms with Crippen molar-refractivity contribution < 1.29 is 26.6 Å². The minimum absolute atomic E-state index is 0.125. The highest BCUT2D eigenvalue weighted by Gasteiger charge is 2.23. The van der Waals surface area contributed by atoms with Crippen LogP contribution in [0.5, 0.6) is 5.75 Å². The highest BCUT2D eigenvalue weighted by atomic mass is 32.3. The molecular weight excluding hydrogens is 279 g/mol. The van der Waals surface area contributed by atoms with Crippen LogP contribution < -0.4 is 4.43 Å². The Kier molecular flexibility index (Phi) is 3.82. The van der Waals surface area contributed by atoms with E-state index < -0.39 is 29.4 Å². The van der Waals surface area contributed by atoms with Gasteiger partial charge in [0.25, 0.3) is 0 Å². The molecule has 0 saturated heterocycles. The Morgan fingerprint density at radius 1 is 1.33 bits per heavy atom. The molecule has 18 heavy (non-hydrogen) atoms. The van der Waals surface area contributed by atoms with Gasteiger partial charge in [0.05, 0.1) is 0 Å². The minimum atomic E-state index is -4.88. The van der Waals surface area contributed by atoms with Crippen LogP contribution in [0.4, 0.5) is 3.89 Å². The van der Waals surface area contributed by atoms with Crippen molar-refractivity contribution in [3.05, 3.63) is 23.8 Å². The average molecular weight is 292 g/mol. The molecule has 0 aliphatic rings. The molecule has 0 aliphatic heterocycles. The van der Waals surface area contributed by atoms with E-state index in [0.717, 1.165) is 18.2 Å². The van der Waals surface area contributed by atoms with Crippen LogP contribution >= 0.6 is 0 Å². The SMILES string of the molecule is C[Si](C)(C)Oc1cc(S(=O)(=O)F)ccc1C(=O)O. The fraction of sp³-hybridized carbons (Fsp3) is 0.300. The molecule has 1 aromatic rings. The molecule has 0 radical (unpaired) electrons. The second-order valence-corrected chi connectivity index (χ2v) is 10.4. The van der Waals surface area contributed by atoms with Gasteiger partial charge in [-0.3, -0.25) is 0 Å². The van der Waals surface area contributed by atoms with Gasteiger partial charge in [0.15, 0.2) is 0 Å². The number of carbonyl (C=O) groups is 1. The smallest absolute Gasteiger partial charge is 0.339 e. The second kappa shape index (κ2) is 4.69. The first-order chi connectivity index (χ1) is 8.00. The van der Waals surface area contributed by atoms with Crippen LogP contribution in [-0.2, 0) is 10.2 Å². The third-order valence-corrected chi connectivity index (χ3v) is 3.53. The van der Waals surface area contributed by atoms with Crippen molar-refractivity contribution >= 4 is 24.5 Å². The maximum atomic E-state index is 12.8. The molecular formula is C10H13FO5SSi. The van der Waals surface area contributed by atoms with E-state index >= 15 is 0 Å². The summed E-state index contributed by atoms with van der Waals surface area (Å²) in [5.41, 5.74) is -0.190. The van der Waals surface area contributed by atoms with E-state index in [4.69, 9.17) is 9.53 Å². The van der Waals surface area contributed by atoms with Crippen LogP contribution in [0, 0.1) is 0 Å². The Morgan fingerprint density at radius 3 is 2.28 bits per heavy atom. The van der Waals surface area contributed by atoms with Gasteiger partial charge in [-0.15, -0.1) is 3.89 Å². The van der Waals surface area contributed by atoms with Gasteiger partial charge < -0.3 is 9.53 Å². The predicted octanol–water partition coefficient (Wildman–Crippen LogP) is 2.26. The Labute approximate surface area is 106 Å². The Bertz CT molecular complexity index is 576. The zero-order chi connectivity index (χ0) is 14.1. The summed E-state index contributed by atoms with van der Waals surface area (Å²) in [4.78, 5) is 10.4. The summed E-state index contributed by atoms with van der Waals surface area (Å²) < 4.78 is 39.9. The first kappa shape index (κ1) is 14.6. The first-order valence-electron chi connectivity index (χ1n) is 5.02. The normalized spacial score (nSPS) is 12.2. The summed E-state index contributed by atoms with van der Waals surface area (Å²) in [5, 5.41) is 8.95. The Balaban J connectivity index is 3.38. The maximum absolute atomic E-state index is 12.8. The molecule has 5 nitrogen and oxygen atoms in total. The number of hydrogen-bond acceptors (Lipinski definition) is 4. The predicted molar refractivity (Wildman–Crippen MR) is 65.7 cm³/mol. The van der Waals surface area contributed by atoms with Crippen molar-refractivity contribution in [2.24, 2.45) is 0 Å². The summed E-state index contributed by atoms with van der Waals surface area (Å²) >= 11 is 0. The summed E-state index contributed by atoms with van der Waals surface area (Å²) in [6.07, 6.45) is 0. The van der Waals surface area contributed by atoms with Crippen molar-refractivity contribution in [2.75, 3.05) is 0 Å². The number of hydrogen-bond donors (Lipinski definition) is 1. The molecule has 8 heteroatoms. The number of rotatable bonds is 4. The lowest BCUT2D eigenvalue weighted by Gasteiger charge is -2.20. The van der Waals surface area contributed by atoms with Gasteiger partial charge in [-0.1, -0.05) is 0 Å². The second-order valence-electron chi connectivity index (χ2n) is 4.62. The van der Waals surface area contributed by atoms with Crippen molar-refractivity contribution in [3.63, 3.8) is 0 Å². The van der Waals surface area contributed by atoms with Crippen LogP contribution in [0.25, 0.3) is 0 Å². The lowest BCUT2D eigenvalue weighted by Crippen LogP contribution is -2.30. The summed E-state index contributed by atoms with van der Waals surface area (Å²) in [5.74, 6) is -1.38. The van der Waals surface area contributed by atoms with E-state index in [1.165, 1.54) is 0 Å². The van der Waals surface area contributed by atoms with Gasteiger partial charge in [-0.05, 0) is 31.8 Å². The lowest BCUT2D eigenvalue weighted by molar-refractivity contribution is 0.0694. The molecule has 0 aromatic heterocycles. The number of benzene rings is 1. The highest BCUT2D eigenvalue weighted by Crippen LogP contribution is 2.26. The maximum Gasteiger partial charge on any atom is 0.339 e. The molecule has 0 spiro atoms. The van der Waals surface area contributed by atoms with Crippen molar-refractivity contribution in [3.8, 4) is 5.75 Å². The van der Waals surface area contributed by atoms with Crippen LogP contribution in [0.15, 0.2) is 23.1 Å². The molecule has 0 heterocycles. The monoisotopic (exact) mass is 292 g/mol. The van der Waals surface area contributed by atoms with E-state index in [9.17, 15) is 17.1 Å². The summed E-state index contributed by atoms with van der Waals surface area (Å²) in [6, 6.07) is 2.82. The van der Waals surface area contributed by atoms with Gasteiger partial charge in [0, 0.05) is 6.07 Å². The fourth-order valence-corrected chi connectivity index (χ4v) is 2.55. The van der Waals surface area contributed by atoms with Crippen molar-refractivity contribution in [2.45, 2.75) is 24.5 Å². The van der Waals surface area contributed by atoms with Gasteiger partial charge in [0.2, 0.25) is 8.32 Å². The fourth-order valence-electron chi connectivity index (χ4n) is 1.25. The van der Waals surface area contributed by atoms with E-state index in [1.807, 2.05) is 0 Å². The largest absolute Gasteiger partial charge is 0.544 e. The molecule has 0 amide bonds. The number of aromatic carboxylic acids is 1. The van der Waals surface area contributed by atoms with E-state index in [0.29, 0.717) is 0 Å². The lowest BCUT2D eigenvalue weighted by atomic mass is 10.2. The zero-order valence-corrected chi connectivity index (χ0v) is 11.9. The van der Waals surface area contributed by atoms with Crippen LogP contribution in [-0.4, -0.2) is 27.8 Å². The van der Waals surface area contributed by atoms with Crippen molar-refractivity contribution in [1.82, 2.24) is 0 Å². The molecule has 0 unspecified atom stereocenters. The molecule has 100 valence electrons. The third-order valence-electron chi connectivity index (χ3n) is 1.88. The van der Waals surface area contributed by atoms with Gasteiger partial charge in [-0.2, -0.15) is 8.42 Å². The van der Waals surface area contributed by atoms with Gasteiger partial charge in [0.1, 0.15) is 16.2 Å². The molecule has 0 saturated carbocycles. The third kappa shape index (κ3) is 3.81. The minimum Gasteiger partial charge on any atom is -0.544 e. The van der Waals surface area contributed by atoms with E-state index in [2.05, 4.69) is 0 Å². The molecule has 0 bridgehead atoms. The summed E-state index contributed by atoms with van der Waals surface area (Å²) in [7, 11) is -7.02. The Hall–Kier alpha value is -1.41. The molecule has 1 aromatic carbocycles. The standard InChI is InChI=1S/C10H13FO5SSi/c1-18(2,3)16-9-6-7(17(11,14)15)4-5-8(9)10(12)13/h4-6H,1-3H3,(H,12,13). The van der Waals surface area contributed by atoms with E-state index in [1.54, 1.807) is 19.6 Å². The van der Waals surface area contributed by atoms with Crippen LogP contribution in [0.2, 0.25) is 19.6 Å². The average Bonchev–Trinajstić information content (AvgIpc) is 2.12. The molecule has 1 N–H and O–H groups in total. The van der Waals surface area contributed by atoms with Gasteiger partial charge in [-0.25, -0.2) is 4.79 Å².